The first kappa shape index (κ1) is 24.8. The highest BCUT2D eigenvalue weighted by Crippen LogP contribution is 2.07. The molecule has 0 fully saturated rings. The molecule has 4 nitrogen and oxygen atoms in total. The van der Waals surface area contributed by atoms with Crippen molar-refractivity contribution < 1.29 is 0 Å². The minimum absolute atomic E-state index is 1.23. The van der Waals surface area contributed by atoms with Gasteiger partial charge in [-0.1, -0.05) is 19.3 Å². The van der Waals surface area contributed by atoms with Gasteiger partial charge in [0.05, 0.1) is 0 Å². The number of unbranched alkanes of at least 4 members (excludes halogenated alkanes) is 6. The van der Waals surface area contributed by atoms with Gasteiger partial charge >= 0.3 is 0 Å². The van der Waals surface area contributed by atoms with Crippen LogP contribution in [0.1, 0.15) is 57.8 Å². The zero-order valence-corrected chi connectivity index (χ0v) is 18.4. The summed E-state index contributed by atoms with van der Waals surface area (Å²) >= 11 is 0. The van der Waals surface area contributed by atoms with Crippen LogP contribution >= 0.6 is 0 Å². The van der Waals surface area contributed by atoms with Crippen LogP contribution < -0.4 is 0 Å². The number of rotatable bonds is 18. The average Bonchev–Trinajstić information content (AvgIpc) is 2.52. The summed E-state index contributed by atoms with van der Waals surface area (Å²) in [5.41, 5.74) is 0. The van der Waals surface area contributed by atoms with E-state index in [2.05, 4.69) is 61.9 Å². The summed E-state index contributed by atoms with van der Waals surface area (Å²) in [7, 11) is 13.0. The fraction of sp³-hybridized carbons (Fsp3) is 1.00. The molecule has 0 spiro atoms. The molecule has 0 amide bonds. The van der Waals surface area contributed by atoms with Crippen molar-refractivity contribution in [2.45, 2.75) is 57.8 Å². The lowest BCUT2D eigenvalue weighted by atomic mass is 10.1. The Morgan fingerprint density at radius 1 is 0.320 bits per heavy atom. The number of hydrogen-bond donors (Lipinski definition) is 0. The van der Waals surface area contributed by atoms with Crippen molar-refractivity contribution in [3.63, 3.8) is 0 Å². The maximum Gasteiger partial charge on any atom is -0.00187 e. The van der Waals surface area contributed by atoms with Gasteiger partial charge < -0.3 is 19.6 Å². The summed E-state index contributed by atoms with van der Waals surface area (Å²) in [6, 6.07) is 0. The highest BCUT2D eigenvalue weighted by atomic mass is 15.1. The third-order valence-electron chi connectivity index (χ3n) is 4.74. The number of nitrogens with zero attached hydrogens (tertiary/aromatic N) is 4. The van der Waals surface area contributed by atoms with E-state index in [1.54, 1.807) is 0 Å². The molecule has 0 bridgehead atoms. The van der Waals surface area contributed by atoms with E-state index in [1.165, 1.54) is 97.1 Å². The van der Waals surface area contributed by atoms with Crippen molar-refractivity contribution >= 4 is 0 Å². The Labute approximate surface area is 159 Å². The minimum atomic E-state index is 1.23. The molecule has 0 saturated carbocycles. The first-order valence-electron chi connectivity index (χ1n) is 10.6. The molecule has 0 radical (unpaired) electrons. The standard InChI is InChI=1S/C21H48N4/c1-22(2)16-10-7-13-19-25(20-14-8-11-17-23(3)4)21-15-9-12-18-24(5)6/h7-21H2,1-6H3. The van der Waals surface area contributed by atoms with Crippen LogP contribution in [-0.4, -0.2) is 101 Å². The van der Waals surface area contributed by atoms with Crippen LogP contribution in [0.25, 0.3) is 0 Å². The summed E-state index contributed by atoms with van der Waals surface area (Å²) in [6.45, 7) is 7.59. The molecule has 0 rings (SSSR count). The van der Waals surface area contributed by atoms with Crippen LogP contribution in [0.5, 0.6) is 0 Å². The van der Waals surface area contributed by atoms with E-state index in [9.17, 15) is 0 Å². The van der Waals surface area contributed by atoms with Crippen molar-refractivity contribution in [3.8, 4) is 0 Å². The molecular weight excluding hydrogens is 308 g/mol. The van der Waals surface area contributed by atoms with Gasteiger partial charge in [-0.2, -0.15) is 0 Å². The molecule has 0 aliphatic heterocycles. The van der Waals surface area contributed by atoms with E-state index in [0.29, 0.717) is 0 Å². The molecule has 0 N–H and O–H groups in total. The zero-order chi connectivity index (χ0) is 18.9. The van der Waals surface area contributed by atoms with Crippen LogP contribution in [-0.2, 0) is 0 Å². The average molecular weight is 357 g/mol. The zero-order valence-electron chi connectivity index (χ0n) is 18.4. The molecule has 0 saturated heterocycles. The summed E-state index contributed by atoms with van der Waals surface area (Å²) in [4.78, 5) is 9.63. The lowest BCUT2D eigenvalue weighted by molar-refractivity contribution is 0.249. The fourth-order valence-corrected chi connectivity index (χ4v) is 3.16. The maximum absolute atomic E-state index is 2.74. The molecule has 0 aromatic carbocycles. The van der Waals surface area contributed by atoms with E-state index < -0.39 is 0 Å². The Morgan fingerprint density at radius 2 is 0.560 bits per heavy atom. The Kier molecular flexibility index (Phi) is 17.2. The van der Waals surface area contributed by atoms with E-state index in [4.69, 9.17) is 0 Å². The van der Waals surface area contributed by atoms with Gasteiger partial charge in [0.25, 0.3) is 0 Å². The Balaban J connectivity index is 3.87. The van der Waals surface area contributed by atoms with Gasteiger partial charge in [-0.25, -0.2) is 0 Å². The lowest BCUT2D eigenvalue weighted by Gasteiger charge is -2.23. The third kappa shape index (κ3) is 20.0. The molecule has 0 aliphatic rings. The second-order valence-corrected chi connectivity index (χ2v) is 8.43. The van der Waals surface area contributed by atoms with Crippen LogP contribution in [0, 0.1) is 0 Å². The van der Waals surface area contributed by atoms with Crippen molar-refractivity contribution in [3.05, 3.63) is 0 Å². The summed E-state index contributed by atoms with van der Waals surface area (Å²) in [5, 5.41) is 0. The third-order valence-corrected chi connectivity index (χ3v) is 4.74. The monoisotopic (exact) mass is 356 g/mol. The van der Waals surface area contributed by atoms with Crippen LogP contribution in [0.2, 0.25) is 0 Å². The number of hydrogen-bond acceptors (Lipinski definition) is 4. The quantitative estimate of drug-likeness (QED) is 0.349. The molecule has 0 aromatic rings. The van der Waals surface area contributed by atoms with E-state index in [0.717, 1.165) is 0 Å². The van der Waals surface area contributed by atoms with Crippen molar-refractivity contribution in [1.82, 2.24) is 19.6 Å². The summed E-state index contributed by atoms with van der Waals surface area (Å²) in [6.07, 6.45) is 12.2. The van der Waals surface area contributed by atoms with E-state index in [-0.39, 0.29) is 0 Å². The summed E-state index contributed by atoms with van der Waals surface area (Å²) in [5.74, 6) is 0. The molecule has 25 heavy (non-hydrogen) atoms. The Morgan fingerprint density at radius 3 is 0.800 bits per heavy atom. The van der Waals surface area contributed by atoms with Crippen LogP contribution in [0.3, 0.4) is 0 Å². The molecular formula is C21H48N4. The second-order valence-electron chi connectivity index (χ2n) is 8.43. The maximum atomic E-state index is 2.74. The molecule has 0 heterocycles. The van der Waals surface area contributed by atoms with Gasteiger partial charge in [0, 0.05) is 0 Å². The predicted molar refractivity (Wildman–Crippen MR) is 114 cm³/mol. The minimum Gasteiger partial charge on any atom is -0.309 e. The smallest absolute Gasteiger partial charge is 0.00187 e. The van der Waals surface area contributed by atoms with Gasteiger partial charge in [-0.15, -0.1) is 0 Å². The highest BCUT2D eigenvalue weighted by molar-refractivity contribution is 4.61. The van der Waals surface area contributed by atoms with Crippen LogP contribution in [0.15, 0.2) is 0 Å². The van der Waals surface area contributed by atoms with Gasteiger partial charge in [0.2, 0.25) is 0 Å². The van der Waals surface area contributed by atoms with Gasteiger partial charge in [-0.05, 0) is 120 Å². The van der Waals surface area contributed by atoms with Crippen LogP contribution in [0.4, 0.5) is 0 Å². The largest absolute Gasteiger partial charge is 0.309 e. The SMILES string of the molecule is CN(C)CCCCCN(CCCCCN(C)C)CCCCCN(C)C. The predicted octanol–water partition coefficient (Wildman–Crippen LogP) is 3.48. The van der Waals surface area contributed by atoms with Crippen molar-refractivity contribution in [2.75, 3.05) is 81.6 Å². The lowest BCUT2D eigenvalue weighted by Crippen LogP contribution is -2.28. The molecule has 0 aliphatic carbocycles. The fourth-order valence-electron chi connectivity index (χ4n) is 3.16. The van der Waals surface area contributed by atoms with E-state index in [1.807, 2.05) is 0 Å². The molecule has 4 heteroatoms. The highest BCUT2D eigenvalue weighted by Gasteiger charge is 2.05. The first-order valence-corrected chi connectivity index (χ1v) is 10.6. The molecule has 0 unspecified atom stereocenters. The van der Waals surface area contributed by atoms with Gasteiger partial charge in [0.1, 0.15) is 0 Å². The van der Waals surface area contributed by atoms with Gasteiger partial charge in [-0.3, -0.25) is 0 Å². The second kappa shape index (κ2) is 17.3. The Bertz CT molecular complexity index is 224. The summed E-state index contributed by atoms with van der Waals surface area (Å²) < 4.78 is 0. The normalized spacial score (nSPS) is 12.2. The topological polar surface area (TPSA) is 13.0 Å². The molecule has 152 valence electrons. The van der Waals surface area contributed by atoms with Crippen molar-refractivity contribution in [2.24, 2.45) is 0 Å². The molecule has 0 aromatic heterocycles. The first-order chi connectivity index (χ1) is 11.9. The van der Waals surface area contributed by atoms with E-state index >= 15 is 0 Å². The Hall–Kier alpha value is -0.160. The van der Waals surface area contributed by atoms with Crippen molar-refractivity contribution in [1.29, 1.82) is 0 Å². The molecule has 0 atom stereocenters. The van der Waals surface area contributed by atoms with Gasteiger partial charge in [0.15, 0.2) is 0 Å².